The number of nitriles is 1. The van der Waals surface area contributed by atoms with Crippen molar-refractivity contribution in [2.24, 2.45) is 0 Å². The van der Waals surface area contributed by atoms with Gasteiger partial charge in [-0.1, -0.05) is 30.3 Å². The molecule has 3 rings (SSSR count). The van der Waals surface area contributed by atoms with Gasteiger partial charge in [-0.2, -0.15) is 16.6 Å². The number of benzene rings is 1. The first-order valence-corrected chi connectivity index (χ1v) is 7.48. The van der Waals surface area contributed by atoms with Gasteiger partial charge < -0.3 is 5.32 Å². The van der Waals surface area contributed by atoms with Crippen molar-refractivity contribution in [1.82, 2.24) is 5.32 Å². The van der Waals surface area contributed by atoms with E-state index in [9.17, 15) is 5.26 Å². The first kappa shape index (κ1) is 12.4. The molecule has 0 amide bonds. The van der Waals surface area contributed by atoms with Gasteiger partial charge in [0.2, 0.25) is 0 Å². The fourth-order valence-electron chi connectivity index (χ4n) is 2.73. The molecule has 2 nitrogen and oxygen atoms in total. The van der Waals surface area contributed by atoms with Gasteiger partial charge in [0, 0.05) is 12.6 Å². The predicted octanol–water partition coefficient (Wildman–Crippen LogP) is 3.46. The average molecular weight is 268 g/mol. The predicted molar refractivity (Wildman–Crippen MR) is 77.9 cm³/mol. The molecule has 0 atom stereocenters. The van der Waals surface area contributed by atoms with Crippen LogP contribution in [0.1, 0.15) is 24.0 Å². The number of nitrogens with zero attached hydrogens (tertiary/aromatic N) is 1. The summed E-state index contributed by atoms with van der Waals surface area (Å²) in [5, 5.41) is 17.3. The molecule has 0 aliphatic heterocycles. The second-order valence-corrected chi connectivity index (χ2v) is 5.96. The van der Waals surface area contributed by atoms with Crippen LogP contribution in [-0.2, 0) is 12.0 Å². The first-order chi connectivity index (χ1) is 9.32. The smallest absolute Gasteiger partial charge is 0.0852 e. The summed E-state index contributed by atoms with van der Waals surface area (Å²) in [5.74, 6) is 0. The van der Waals surface area contributed by atoms with E-state index in [1.165, 1.54) is 5.56 Å². The van der Waals surface area contributed by atoms with Gasteiger partial charge in [0.25, 0.3) is 0 Å². The summed E-state index contributed by atoms with van der Waals surface area (Å²) in [6.45, 7) is 0.907. The molecule has 0 bridgehead atoms. The zero-order chi connectivity index (χ0) is 13.1. The normalized spacial score (nSPS) is 25.5. The highest BCUT2D eigenvalue weighted by atomic mass is 32.1. The van der Waals surface area contributed by atoms with Crippen LogP contribution >= 0.6 is 11.3 Å². The van der Waals surface area contributed by atoms with E-state index >= 15 is 0 Å². The standard InChI is InChI=1S/C16H16N2S/c17-12-16(14-4-2-1-3-5-14)8-15(9-16)18-10-13-6-7-19-11-13/h1-7,11,15,18H,8-10H2. The highest BCUT2D eigenvalue weighted by Crippen LogP contribution is 2.43. The van der Waals surface area contributed by atoms with Crippen molar-refractivity contribution in [2.45, 2.75) is 30.8 Å². The molecule has 2 aromatic rings. The zero-order valence-corrected chi connectivity index (χ0v) is 11.5. The van der Waals surface area contributed by atoms with Crippen LogP contribution in [0.2, 0.25) is 0 Å². The second kappa shape index (κ2) is 5.16. The number of hydrogen-bond acceptors (Lipinski definition) is 3. The van der Waals surface area contributed by atoms with Crippen molar-refractivity contribution in [2.75, 3.05) is 0 Å². The van der Waals surface area contributed by atoms with Crippen LogP contribution in [-0.4, -0.2) is 6.04 Å². The van der Waals surface area contributed by atoms with Gasteiger partial charge in [-0.05, 0) is 40.8 Å². The molecule has 0 saturated heterocycles. The number of rotatable bonds is 4. The number of hydrogen-bond donors (Lipinski definition) is 1. The molecule has 1 saturated carbocycles. The van der Waals surface area contributed by atoms with Gasteiger partial charge in [-0.3, -0.25) is 0 Å². The summed E-state index contributed by atoms with van der Waals surface area (Å²) >= 11 is 1.73. The van der Waals surface area contributed by atoms with Crippen LogP contribution < -0.4 is 5.32 Å². The summed E-state index contributed by atoms with van der Waals surface area (Å²) in [7, 11) is 0. The van der Waals surface area contributed by atoms with Crippen LogP contribution in [0.4, 0.5) is 0 Å². The molecule has 1 heterocycles. The lowest BCUT2D eigenvalue weighted by Gasteiger charge is -2.43. The fraction of sp³-hybridized carbons (Fsp3) is 0.312. The van der Waals surface area contributed by atoms with E-state index < -0.39 is 0 Å². The highest BCUT2D eigenvalue weighted by Gasteiger charge is 2.45. The van der Waals surface area contributed by atoms with E-state index in [1.54, 1.807) is 11.3 Å². The Bertz CT molecular complexity index is 563. The second-order valence-electron chi connectivity index (χ2n) is 5.18. The van der Waals surface area contributed by atoms with Crippen LogP contribution in [0, 0.1) is 11.3 Å². The van der Waals surface area contributed by atoms with Crippen LogP contribution in [0.5, 0.6) is 0 Å². The molecular weight excluding hydrogens is 252 g/mol. The molecule has 1 N–H and O–H groups in total. The lowest BCUT2D eigenvalue weighted by atomic mass is 9.62. The monoisotopic (exact) mass is 268 g/mol. The van der Waals surface area contributed by atoms with Crippen LogP contribution in [0.3, 0.4) is 0 Å². The Balaban J connectivity index is 1.60. The van der Waals surface area contributed by atoms with Crippen molar-refractivity contribution >= 4 is 11.3 Å². The van der Waals surface area contributed by atoms with Crippen molar-refractivity contribution < 1.29 is 0 Å². The third-order valence-electron chi connectivity index (χ3n) is 3.91. The summed E-state index contributed by atoms with van der Waals surface area (Å²) in [4.78, 5) is 0. The van der Waals surface area contributed by atoms with Crippen LogP contribution in [0.25, 0.3) is 0 Å². The average Bonchev–Trinajstić information content (AvgIpc) is 2.92. The summed E-state index contributed by atoms with van der Waals surface area (Å²) < 4.78 is 0. The van der Waals surface area contributed by atoms with E-state index in [2.05, 4.69) is 40.3 Å². The molecular formula is C16H16N2S. The van der Waals surface area contributed by atoms with E-state index in [0.29, 0.717) is 6.04 Å². The topological polar surface area (TPSA) is 35.8 Å². The van der Waals surface area contributed by atoms with Gasteiger partial charge in [-0.15, -0.1) is 0 Å². The summed E-state index contributed by atoms with van der Waals surface area (Å²) in [5.41, 5.74) is 2.22. The molecule has 1 aliphatic rings. The van der Waals surface area contributed by atoms with E-state index in [1.807, 2.05) is 18.2 Å². The maximum atomic E-state index is 9.48. The minimum Gasteiger partial charge on any atom is -0.310 e. The summed E-state index contributed by atoms with van der Waals surface area (Å²) in [6, 6.07) is 15.3. The fourth-order valence-corrected chi connectivity index (χ4v) is 3.40. The van der Waals surface area contributed by atoms with Gasteiger partial charge in [0.05, 0.1) is 11.5 Å². The van der Waals surface area contributed by atoms with Crippen molar-refractivity contribution in [3.8, 4) is 6.07 Å². The molecule has 0 radical (unpaired) electrons. The molecule has 1 fully saturated rings. The Morgan fingerprint density at radius 1 is 1.26 bits per heavy atom. The lowest BCUT2D eigenvalue weighted by molar-refractivity contribution is 0.225. The van der Waals surface area contributed by atoms with E-state index in [4.69, 9.17) is 0 Å². The molecule has 1 aromatic carbocycles. The van der Waals surface area contributed by atoms with Gasteiger partial charge in [0.15, 0.2) is 0 Å². The zero-order valence-electron chi connectivity index (χ0n) is 10.7. The quantitative estimate of drug-likeness (QED) is 0.921. The van der Waals surface area contributed by atoms with Gasteiger partial charge in [0.1, 0.15) is 0 Å². The Morgan fingerprint density at radius 2 is 2.05 bits per heavy atom. The van der Waals surface area contributed by atoms with E-state index in [0.717, 1.165) is 24.9 Å². The Morgan fingerprint density at radius 3 is 2.68 bits per heavy atom. The van der Waals surface area contributed by atoms with Gasteiger partial charge >= 0.3 is 0 Å². The molecule has 0 spiro atoms. The number of thiophene rings is 1. The van der Waals surface area contributed by atoms with Crippen LogP contribution in [0.15, 0.2) is 47.2 Å². The third kappa shape index (κ3) is 2.42. The van der Waals surface area contributed by atoms with E-state index in [-0.39, 0.29) is 5.41 Å². The SMILES string of the molecule is N#CC1(c2ccccc2)CC(NCc2ccsc2)C1. The van der Waals surface area contributed by atoms with Crippen molar-refractivity contribution in [3.63, 3.8) is 0 Å². The Kier molecular flexibility index (Phi) is 3.37. The lowest BCUT2D eigenvalue weighted by Crippen LogP contribution is -2.50. The number of nitrogens with one attached hydrogen (secondary N) is 1. The minimum atomic E-state index is -0.270. The maximum absolute atomic E-state index is 9.48. The third-order valence-corrected chi connectivity index (χ3v) is 4.64. The maximum Gasteiger partial charge on any atom is 0.0852 e. The molecule has 19 heavy (non-hydrogen) atoms. The molecule has 96 valence electrons. The molecule has 1 aromatic heterocycles. The van der Waals surface area contributed by atoms with Crippen molar-refractivity contribution in [3.05, 3.63) is 58.3 Å². The Hall–Kier alpha value is -1.63. The van der Waals surface area contributed by atoms with Gasteiger partial charge in [-0.25, -0.2) is 0 Å². The molecule has 1 aliphatic carbocycles. The highest BCUT2D eigenvalue weighted by molar-refractivity contribution is 7.07. The molecule has 3 heteroatoms. The Labute approximate surface area is 117 Å². The molecule has 0 unspecified atom stereocenters. The first-order valence-electron chi connectivity index (χ1n) is 6.54. The minimum absolute atomic E-state index is 0.270. The van der Waals surface area contributed by atoms with Crippen molar-refractivity contribution in [1.29, 1.82) is 5.26 Å². The summed E-state index contributed by atoms with van der Waals surface area (Å²) in [6.07, 6.45) is 1.83. The largest absolute Gasteiger partial charge is 0.310 e.